The number of benzene rings is 4. The van der Waals surface area contributed by atoms with E-state index in [9.17, 15) is 0 Å². The largest absolute Gasteiger partial charge is 0.358 e. The number of hydrazine groups is 1. The van der Waals surface area contributed by atoms with Crippen LogP contribution in [-0.4, -0.2) is 0 Å². The van der Waals surface area contributed by atoms with E-state index in [0.717, 1.165) is 17.8 Å². The van der Waals surface area contributed by atoms with E-state index in [2.05, 4.69) is 108 Å². The van der Waals surface area contributed by atoms with Crippen LogP contribution in [0.5, 0.6) is 0 Å². The van der Waals surface area contributed by atoms with E-state index in [4.69, 9.17) is 5.26 Å². The molecule has 4 nitrogen and oxygen atoms in total. The van der Waals surface area contributed by atoms with E-state index in [1.54, 1.807) is 12.1 Å². The van der Waals surface area contributed by atoms with Crippen molar-refractivity contribution in [1.82, 2.24) is 5.43 Å². The molecule has 0 amide bonds. The molecule has 0 aliphatic heterocycles. The standard InChI is InChI=1S/C33H28N4S/c1-22-5-4-7-28(25-13-18-30-29-6-2-3-8-31(29)38-32(30)19-25)33(22)36-26-14-11-24(12-15-26)21-35-37-27-16-9-23(20-34)10-17-27/h2-4,6-19,22,35-37H,5,21H2,1H3. The molecule has 186 valence electrons. The number of hydrogen-bond donors (Lipinski definition) is 3. The summed E-state index contributed by atoms with van der Waals surface area (Å²) in [6.45, 7) is 2.97. The summed E-state index contributed by atoms with van der Waals surface area (Å²) in [4.78, 5) is 0. The highest BCUT2D eigenvalue weighted by molar-refractivity contribution is 7.25. The van der Waals surface area contributed by atoms with Crippen molar-refractivity contribution >= 4 is 48.5 Å². The van der Waals surface area contributed by atoms with Crippen LogP contribution in [0.15, 0.2) is 109 Å². The molecule has 1 unspecified atom stereocenters. The minimum atomic E-state index is 0.408. The molecule has 6 rings (SSSR count). The van der Waals surface area contributed by atoms with Crippen LogP contribution < -0.4 is 16.2 Å². The van der Waals surface area contributed by atoms with Crippen molar-refractivity contribution in [2.24, 2.45) is 5.92 Å². The van der Waals surface area contributed by atoms with Crippen LogP contribution in [0.2, 0.25) is 0 Å². The van der Waals surface area contributed by atoms with Gasteiger partial charge < -0.3 is 10.7 Å². The van der Waals surface area contributed by atoms with Gasteiger partial charge in [-0.3, -0.25) is 0 Å². The average Bonchev–Trinajstić information content (AvgIpc) is 3.33. The fraction of sp³-hybridized carbons (Fsp3) is 0.121. The first-order valence-corrected chi connectivity index (χ1v) is 13.7. The Balaban J connectivity index is 1.19. The van der Waals surface area contributed by atoms with Crippen molar-refractivity contribution in [3.63, 3.8) is 0 Å². The highest BCUT2D eigenvalue weighted by Crippen LogP contribution is 2.38. The summed E-state index contributed by atoms with van der Waals surface area (Å²) >= 11 is 1.86. The van der Waals surface area contributed by atoms with Crippen LogP contribution in [0, 0.1) is 17.2 Å². The molecule has 0 saturated carbocycles. The number of allylic oxidation sites excluding steroid dienone is 4. The number of hydrogen-bond acceptors (Lipinski definition) is 5. The zero-order valence-corrected chi connectivity index (χ0v) is 22.0. The predicted octanol–water partition coefficient (Wildman–Crippen LogP) is 8.46. The average molecular weight is 513 g/mol. The van der Waals surface area contributed by atoms with Crippen molar-refractivity contribution < 1.29 is 0 Å². The molecule has 0 bridgehead atoms. The second-order valence-electron chi connectivity index (χ2n) is 9.67. The number of nitrogens with one attached hydrogen (secondary N) is 3. The predicted molar refractivity (Wildman–Crippen MR) is 161 cm³/mol. The fourth-order valence-electron chi connectivity index (χ4n) is 4.94. The zero-order valence-electron chi connectivity index (χ0n) is 21.2. The van der Waals surface area contributed by atoms with Gasteiger partial charge in [0, 0.05) is 55.3 Å². The Morgan fingerprint density at radius 1 is 0.868 bits per heavy atom. The minimum Gasteiger partial charge on any atom is -0.358 e. The molecular weight excluding hydrogens is 484 g/mol. The van der Waals surface area contributed by atoms with Gasteiger partial charge in [-0.05, 0) is 66.1 Å². The molecule has 1 heterocycles. The molecule has 1 atom stereocenters. The van der Waals surface area contributed by atoms with Crippen molar-refractivity contribution in [1.29, 1.82) is 5.26 Å². The molecule has 38 heavy (non-hydrogen) atoms. The molecule has 0 fully saturated rings. The molecule has 0 radical (unpaired) electrons. The fourth-order valence-corrected chi connectivity index (χ4v) is 6.08. The molecule has 3 N–H and O–H groups in total. The van der Waals surface area contributed by atoms with Crippen LogP contribution in [0.1, 0.15) is 30.0 Å². The number of nitriles is 1. The Labute approximate surface area is 226 Å². The van der Waals surface area contributed by atoms with Crippen molar-refractivity contribution in [3.8, 4) is 6.07 Å². The van der Waals surface area contributed by atoms with Crippen LogP contribution >= 0.6 is 11.3 Å². The number of anilines is 2. The second kappa shape index (κ2) is 10.5. The van der Waals surface area contributed by atoms with E-state index < -0.39 is 0 Å². The zero-order chi connectivity index (χ0) is 25.9. The highest BCUT2D eigenvalue weighted by Gasteiger charge is 2.18. The lowest BCUT2D eigenvalue weighted by molar-refractivity contribution is 0.695. The smallest absolute Gasteiger partial charge is 0.0991 e. The molecule has 0 saturated heterocycles. The number of thiophene rings is 1. The molecule has 1 aromatic heterocycles. The Morgan fingerprint density at radius 2 is 1.63 bits per heavy atom. The summed E-state index contributed by atoms with van der Waals surface area (Å²) in [7, 11) is 0. The molecule has 1 aliphatic carbocycles. The summed E-state index contributed by atoms with van der Waals surface area (Å²) in [6, 6.07) is 33.6. The lowest BCUT2D eigenvalue weighted by atomic mass is 9.89. The van der Waals surface area contributed by atoms with Gasteiger partial charge in [0.1, 0.15) is 0 Å². The summed E-state index contributed by atoms with van der Waals surface area (Å²) in [5.41, 5.74) is 14.1. The topological polar surface area (TPSA) is 59.9 Å². The maximum absolute atomic E-state index is 8.93. The first-order chi connectivity index (χ1) is 18.7. The third-order valence-electron chi connectivity index (χ3n) is 7.02. The van der Waals surface area contributed by atoms with Gasteiger partial charge in [-0.15, -0.1) is 11.3 Å². The van der Waals surface area contributed by atoms with E-state index in [-0.39, 0.29) is 0 Å². The van der Waals surface area contributed by atoms with Crippen molar-refractivity contribution in [2.45, 2.75) is 19.9 Å². The van der Waals surface area contributed by atoms with Gasteiger partial charge in [0.05, 0.1) is 11.6 Å². The highest BCUT2D eigenvalue weighted by atomic mass is 32.1. The van der Waals surface area contributed by atoms with Crippen LogP contribution in [0.4, 0.5) is 11.4 Å². The van der Waals surface area contributed by atoms with Crippen LogP contribution in [0.3, 0.4) is 0 Å². The van der Waals surface area contributed by atoms with E-state index in [0.29, 0.717) is 18.0 Å². The number of nitrogens with zero attached hydrogens (tertiary/aromatic N) is 1. The Bertz CT molecular complexity index is 1700. The van der Waals surface area contributed by atoms with Gasteiger partial charge in [-0.1, -0.05) is 61.5 Å². The summed E-state index contributed by atoms with van der Waals surface area (Å²) in [6.07, 6.45) is 5.58. The second-order valence-corrected chi connectivity index (χ2v) is 10.7. The Morgan fingerprint density at radius 3 is 2.45 bits per heavy atom. The number of rotatable bonds is 7. The molecule has 1 aliphatic rings. The van der Waals surface area contributed by atoms with E-state index in [1.165, 1.54) is 42.6 Å². The lowest BCUT2D eigenvalue weighted by Crippen LogP contribution is -2.20. The van der Waals surface area contributed by atoms with Gasteiger partial charge in [0.15, 0.2) is 0 Å². The van der Waals surface area contributed by atoms with Gasteiger partial charge in [0.25, 0.3) is 0 Å². The molecular formula is C33H28N4S. The van der Waals surface area contributed by atoms with Gasteiger partial charge in [0.2, 0.25) is 0 Å². The SMILES string of the molecule is CC1CC=CC(c2ccc3c(c2)sc2ccccc23)=C1Nc1ccc(CNNc2ccc(C#N)cc2)cc1. The normalized spacial score (nSPS) is 15.1. The summed E-state index contributed by atoms with van der Waals surface area (Å²) < 4.78 is 2.66. The van der Waals surface area contributed by atoms with E-state index >= 15 is 0 Å². The molecule has 5 aromatic rings. The molecule has 4 aromatic carbocycles. The third-order valence-corrected chi connectivity index (χ3v) is 8.15. The Hall–Kier alpha value is -4.37. The summed E-state index contributed by atoms with van der Waals surface area (Å²) in [5.74, 6) is 0.408. The summed E-state index contributed by atoms with van der Waals surface area (Å²) in [5, 5.41) is 15.3. The first-order valence-electron chi connectivity index (χ1n) is 12.9. The number of fused-ring (bicyclic) bond motifs is 3. The maximum atomic E-state index is 8.93. The molecule has 0 spiro atoms. The van der Waals surface area contributed by atoms with Crippen LogP contribution in [0.25, 0.3) is 25.7 Å². The van der Waals surface area contributed by atoms with Gasteiger partial charge in [-0.2, -0.15) is 5.26 Å². The van der Waals surface area contributed by atoms with Crippen molar-refractivity contribution in [2.75, 3.05) is 10.7 Å². The maximum Gasteiger partial charge on any atom is 0.0991 e. The third kappa shape index (κ3) is 4.92. The quantitative estimate of drug-likeness (QED) is 0.191. The monoisotopic (exact) mass is 512 g/mol. The Kier molecular flexibility index (Phi) is 6.66. The van der Waals surface area contributed by atoms with E-state index in [1.807, 2.05) is 23.5 Å². The van der Waals surface area contributed by atoms with Crippen LogP contribution in [-0.2, 0) is 6.54 Å². The van der Waals surface area contributed by atoms with Gasteiger partial charge >= 0.3 is 0 Å². The van der Waals surface area contributed by atoms with Gasteiger partial charge in [-0.25, -0.2) is 5.43 Å². The minimum absolute atomic E-state index is 0.408. The molecule has 5 heteroatoms. The lowest BCUT2D eigenvalue weighted by Gasteiger charge is -2.24. The van der Waals surface area contributed by atoms with Crippen molar-refractivity contribution in [3.05, 3.63) is 126 Å². The first kappa shape index (κ1) is 24.0.